The van der Waals surface area contributed by atoms with Crippen molar-refractivity contribution in [3.8, 4) is 0 Å². The number of nitrogens with one attached hydrogen (secondary N) is 1. The maximum absolute atomic E-state index is 12.0. The summed E-state index contributed by atoms with van der Waals surface area (Å²) in [6, 6.07) is -0.0254. The molecule has 19 heavy (non-hydrogen) atoms. The molecular formula is C14H24N2O3. The molecule has 2 unspecified atom stereocenters. The molecular weight excluding hydrogens is 244 g/mol. The molecule has 5 heteroatoms. The van der Waals surface area contributed by atoms with Crippen molar-refractivity contribution in [2.24, 2.45) is 11.8 Å². The summed E-state index contributed by atoms with van der Waals surface area (Å²) in [6.07, 6.45) is 7.03. The summed E-state index contributed by atoms with van der Waals surface area (Å²) in [6.45, 7) is 0.820. The van der Waals surface area contributed by atoms with E-state index in [2.05, 4.69) is 5.32 Å². The highest BCUT2D eigenvalue weighted by molar-refractivity contribution is 5.75. The summed E-state index contributed by atoms with van der Waals surface area (Å²) in [5.41, 5.74) is 0. The van der Waals surface area contributed by atoms with E-state index < -0.39 is 5.97 Å². The van der Waals surface area contributed by atoms with Crippen LogP contribution in [0.1, 0.15) is 44.9 Å². The number of aliphatic carboxylic acids is 1. The number of urea groups is 1. The number of carbonyl (C=O) groups is 2. The number of rotatable bonds is 4. The Balaban J connectivity index is 1.73. The average molecular weight is 268 g/mol. The van der Waals surface area contributed by atoms with Gasteiger partial charge < -0.3 is 15.3 Å². The standard InChI is InChI=1S/C14H24N2O3/c1-16(9-10-4-2-3-5-10)14(19)15-12-7-6-11(8-12)13(17)18/h10-12H,2-9H2,1H3,(H,15,19)(H,17,18). The molecule has 0 spiro atoms. The number of hydrogen-bond donors (Lipinski definition) is 2. The Kier molecular flexibility index (Phi) is 4.66. The Labute approximate surface area is 114 Å². The van der Waals surface area contributed by atoms with Crippen LogP contribution >= 0.6 is 0 Å². The Morgan fingerprint density at radius 3 is 2.47 bits per heavy atom. The fourth-order valence-electron chi connectivity index (χ4n) is 3.28. The quantitative estimate of drug-likeness (QED) is 0.820. The van der Waals surface area contributed by atoms with E-state index in [1.807, 2.05) is 7.05 Å². The highest BCUT2D eigenvalue weighted by Gasteiger charge is 2.31. The Bertz CT molecular complexity index is 340. The van der Waals surface area contributed by atoms with Gasteiger partial charge in [0.2, 0.25) is 0 Å². The zero-order valence-electron chi connectivity index (χ0n) is 11.6. The summed E-state index contributed by atoms with van der Waals surface area (Å²) in [7, 11) is 1.83. The fourth-order valence-corrected chi connectivity index (χ4v) is 3.28. The first-order valence-electron chi connectivity index (χ1n) is 7.30. The molecule has 0 bridgehead atoms. The van der Waals surface area contributed by atoms with Crippen LogP contribution in [-0.4, -0.2) is 41.6 Å². The number of carboxylic acids is 1. The van der Waals surface area contributed by atoms with Crippen LogP contribution in [-0.2, 0) is 4.79 Å². The molecule has 2 N–H and O–H groups in total. The number of hydrogen-bond acceptors (Lipinski definition) is 2. The molecule has 0 heterocycles. The molecule has 2 rings (SSSR count). The predicted molar refractivity (Wildman–Crippen MR) is 71.9 cm³/mol. The third kappa shape index (κ3) is 3.85. The summed E-state index contributed by atoms with van der Waals surface area (Å²) in [5.74, 6) is -0.382. The minimum Gasteiger partial charge on any atom is -0.481 e. The minimum atomic E-state index is -0.740. The second-order valence-electron chi connectivity index (χ2n) is 6.03. The molecule has 108 valence electrons. The lowest BCUT2D eigenvalue weighted by Gasteiger charge is -2.23. The monoisotopic (exact) mass is 268 g/mol. The van der Waals surface area contributed by atoms with Crippen LogP contribution in [0.15, 0.2) is 0 Å². The van der Waals surface area contributed by atoms with E-state index in [1.165, 1.54) is 25.7 Å². The highest BCUT2D eigenvalue weighted by atomic mass is 16.4. The van der Waals surface area contributed by atoms with Gasteiger partial charge >= 0.3 is 12.0 Å². The normalized spacial score (nSPS) is 27.4. The molecule has 2 aliphatic carbocycles. The molecule has 2 aliphatic rings. The number of carbonyl (C=O) groups excluding carboxylic acids is 1. The molecule has 0 saturated heterocycles. The maximum Gasteiger partial charge on any atom is 0.317 e. The van der Waals surface area contributed by atoms with Crippen molar-refractivity contribution in [2.45, 2.75) is 51.0 Å². The minimum absolute atomic E-state index is 0.0274. The lowest BCUT2D eigenvalue weighted by molar-refractivity contribution is -0.141. The van der Waals surface area contributed by atoms with Gasteiger partial charge in [-0.25, -0.2) is 4.79 Å². The van der Waals surface area contributed by atoms with Crippen LogP contribution in [0.3, 0.4) is 0 Å². The smallest absolute Gasteiger partial charge is 0.317 e. The molecule has 2 fully saturated rings. The van der Waals surface area contributed by atoms with Gasteiger partial charge in [0, 0.05) is 19.6 Å². The maximum atomic E-state index is 12.0. The molecule has 5 nitrogen and oxygen atoms in total. The first-order valence-corrected chi connectivity index (χ1v) is 7.30. The van der Waals surface area contributed by atoms with Crippen LogP contribution < -0.4 is 5.32 Å². The van der Waals surface area contributed by atoms with Crippen LogP contribution in [0, 0.1) is 11.8 Å². The molecule has 0 aliphatic heterocycles. The zero-order valence-corrected chi connectivity index (χ0v) is 11.6. The molecule has 0 aromatic heterocycles. The molecule has 2 saturated carbocycles. The lowest BCUT2D eigenvalue weighted by Crippen LogP contribution is -2.43. The number of carboxylic acid groups (broad SMARTS) is 1. The predicted octanol–water partition coefficient (Wildman–Crippen LogP) is 2.07. The first kappa shape index (κ1) is 14.2. The topological polar surface area (TPSA) is 69.6 Å². The lowest BCUT2D eigenvalue weighted by atomic mass is 10.1. The van der Waals surface area contributed by atoms with E-state index in [0.717, 1.165) is 13.0 Å². The van der Waals surface area contributed by atoms with Gasteiger partial charge in [-0.15, -0.1) is 0 Å². The molecule has 0 aromatic rings. The van der Waals surface area contributed by atoms with E-state index in [9.17, 15) is 9.59 Å². The third-order valence-electron chi connectivity index (χ3n) is 4.46. The van der Waals surface area contributed by atoms with Gasteiger partial charge in [0.1, 0.15) is 0 Å². The van der Waals surface area contributed by atoms with Gasteiger partial charge in [0.15, 0.2) is 0 Å². The van der Waals surface area contributed by atoms with Gasteiger partial charge in [-0.1, -0.05) is 12.8 Å². The number of amides is 2. The molecule has 2 amide bonds. The Morgan fingerprint density at radius 1 is 1.21 bits per heavy atom. The Hall–Kier alpha value is -1.26. The zero-order chi connectivity index (χ0) is 13.8. The van der Waals surface area contributed by atoms with E-state index in [1.54, 1.807) is 4.90 Å². The largest absolute Gasteiger partial charge is 0.481 e. The molecule has 0 aromatic carbocycles. The van der Waals surface area contributed by atoms with E-state index in [-0.39, 0.29) is 18.0 Å². The fraction of sp³-hybridized carbons (Fsp3) is 0.857. The summed E-state index contributed by atoms with van der Waals surface area (Å²) in [4.78, 5) is 24.7. The third-order valence-corrected chi connectivity index (χ3v) is 4.46. The van der Waals surface area contributed by atoms with Gasteiger partial charge in [-0.2, -0.15) is 0 Å². The Morgan fingerprint density at radius 2 is 1.89 bits per heavy atom. The van der Waals surface area contributed by atoms with Crippen LogP contribution in [0.2, 0.25) is 0 Å². The summed E-state index contributed by atoms with van der Waals surface area (Å²) in [5, 5.41) is 11.9. The van der Waals surface area contributed by atoms with Crippen molar-refractivity contribution in [3.63, 3.8) is 0 Å². The second kappa shape index (κ2) is 6.26. The van der Waals surface area contributed by atoms with E-state index >= 15 is 0 Å². The van der Waals surface area contributed by atoms with Gasteiger partial charge in [-0.3, -0.25) is 4.79 Å². The van der Waals surface area contributed by atoms with Crippen molar-refractivity contribution in [1.29, 1.82) is 0 Å². The average Bonchev–Trinajstić information content (AvgIpc) is 2.99. The summed E-state index contributed by atoms with van der Waals surface area (Å²) < 4.78 is 0. The van der Waals surface area contributed by atoms with E-state index in [4.69, 9.17) is 5.11 Å². The number of nitrogens with zero attached hydrogens (tertiary/aromatic N) is 1. The second-order valence-corrected chi connectivity index (χ2v) is 6.03. The van der Waals surface area contributed by atoms with Crippen molar-refractivity contribution in [3.05, 3.63) is 0 Å². The van der Waals surface area contributed by atoms with Crippen molar-refractivity contribution in [1.82, 2.24) is 10.2 Å². The SMILES string of the molecule is CN(CC1CCCC1)C(=O)NC1CCC(C(=O)O)C1. The summed E-state index contributed by atoms with van der Waals surface area (Å²) >= 11 is 0. The van der Waals surface area contributed by atoms with Crippen LogP contribution in [0.4, 0.5) is 4.79 Å². The van der Waals surface area contributed by atoms with Crippen LogP contribution in [0.25, 0.3) is 0 Å². The van der Waals surface area contributed by atoms with Crippen molar-refractivity contribution in [2.75, 3.05) is 13.6 Å². The molecule has 2 atom stereocenters. The molecule has 0 radical (unpaired) electrons. The van der Waals surface area contributed by atoms with E-state index in [0.29, 0.717) is 18.8 Å². The van der Waals surface area contributed by atoms with Gasteiger partial charge in [-0.05, 0) is 38.0 Å². The van der Waals surface area contributed by atoms with Gasteiger partial charge in [0.25, 0.3) is 0 Å². The van der Waals surface area contributed by atoms with Crippen molar-refractivity contribution < 1.29 is 14.7 Å². The van der Waals surface area contributed by atoms with Crippen LogP contribution in [0.5, 0.6) is 0 Å². The van der Waals surface area contributed by atoms with Crippen molar-refractivity contribution >= 4 is 12.0 Å². The first-order chi connectivity index (χ1) is 9.06. The van der Waals surface area contributed by atoms with Gasteiger partial charge in [0.05, 0.1) is 5.92 Å². The highest BCUT2D eigenvalue weighted by Crippen LogP contribution is 2.27.